The van der Waals surface area contributed by atoms with Gasteiger partial charge in [0.1, 0.15) is 11.6 Å². The Morgan fingerprint density at radius 1 is 1.28 bits per heavy atom. The Kier molecular flexibility index (Phi) is 7.27. The molecule has 0 saturated heterocycles. The van der Waals surface area contributed by atoms with Gasteiger partial charge in [0.25, 0.3) is 0 Å². The predicted molar refractivity (Wildman–Crippen MR) is 115 cm³/mol. The second-order valence-corrected chi connectivity index (χ2v) is 7.98. The van der Waals surface area contributed by atoms with Crippen molar-refractivity contribution in [2.75, 3.05) is 11.1 Å². The van der Waals surface area contributed by atoms with Gasteiger partial charge in [-0.3, -0.25) is 4.79 Å². The summed E-state index contributed by atoms with van der Waals surface area (Å²) in [6.45, 7) is 4.51. The summed E-state index contributed by atoms with van der Waals surface area (Å²) in [5.74, 6) is 0.691. The molecule has 1 N–H and O–H groups in total. The second-order valence-electron chi connectivity index (χ2n) is 6.12. The Hall–Kier alpha value is -2.39. The van der Waals surface area contributed by atoms with Gasteiger partial charge in [0.2, 0.25) is 5.91 Å². The molecule has 9 heteroatoms. The minimum atomic E-state index is -0.497. The molecular formula is C20H20BrFN4O2S. The van der Waals surface area contributed by atoms with Gasteiger partial charge in [0.15, 0.2) is 17.1 Å². The first-order valence-electron chi connectivity index (χ1n) is 9.00. The summed E-state index contributed by atoms with van der Waals surface area (Å²) in [4.78, 5) is 12.2. The van der Waals surface area contributed by atoms with E-state index in [9.17, 15) is 9.18 Å². The highest BCUT2D eigenvalue weighted by molar-refractivity contribution is 9.10. The number of halogens is 2. The molecular weight excluding hydrogens is 459 g/mol. The first-order chi connectivity index (χ1) is 14.0. The van der Waals surface area contributed by atoms with Gasteiger partial charge in [0.05, 0.1) is 11.4 Å². The fourth-order valence-electron chi connectivity index (χ4n) is 2.67. The van der Waals surface area contributed by atoms with Crippen LogP contribution >= 0.6 is 27.7 Å². The molecule has 0 aliphatic heterocycles. The number of rotatable bonds is 8. The fraction of sp³-hybridized carbons (Fsp3) is 0.250. The van der Waals surface area contributed by atoms with Crippen molar-refractivity contribution < 1.29 is 13.9 Å². The molecule has 1 amide bonds. The minimum absolute atomic E-state index is 0.0849. The summed E-state index contributed by atoms with van der Waals surface area (Å²) in [7, 11) is 0. The van der Waals surface area contributed by atoms with Crippen LogP contribution in [-0.2, 0) is 11.3 Å². The van der Waals surface area contributed by atoms with Crippen molar-refractivity contribution in [3.8, 4) is 5.75 Å². The first-order valence-corrected chi connectivity index (χ1v) is 10.8. The summed E-state index contributed by atoms with van der Waals surface area (Å²) in [5, 5.41) is 11.6. The minimum Gasteiger partial charge on any atom is -0.483 e. The van der Waals surface area contributed by atoms with Crippen molar-refractivity contribution in [3.63, 3.8) is 0 Å². The van der Waals surface area contributed by atoms with Crippen LogP contribution in [0, 0.1) is 5.82 Å². The van der Waals surface area contributed by atoms with E-state index in [-0.39, 0.29) is 23.5 Å². The molecule has 1 heterocycles. The van der Waals surface area contributed by atoms with Crippen molar-refractivity contribution >= 4 is 39.3 Å². The summed E-state index contributed by atoms with van der Waals surface area (Å²) in [6, 6.07) is 14.0. The van der Waals surface area contributed by atoms with Gasteiger partial charge in [-0.2, -0.15) is 0 Å². The Morgan fingerprint density at radius 3 is 2.72 bits per heavy atom. The van der Waals surface area contributed by atoms with Gasteiger partial charge in [-0.1, -0.05) is 45.9 Å². The van der Waals surface area contributed by atoms with Crippen LogP contribution in [0.3, 0.4) is 0 Å². The van der Waals surface area contributed by atoms with E-state index >= 15 is 0 Å². The topological polar surface area (TPSA) is 69.0 Å². The predicted octanol–water partition coefficient (Wildman–Crippen LogP) is 5.07. The largest absolute Gasteiger partial charge is 0.483 e. The highest BCUT2D eigenvalue weighted by Crippen LogP contribution is 2.25. The molecule has 0 unspecified atom stereocenters. The van der Waals surface area contributed by atoms with Crippen molar-refractivity contribution in [1.82, 2.24) is 14.8 Å². The fourth-order valence-corrected chi connectivity index (χ4v) is 3.81. The van der Waals surface area contributed by atoms with Crippen LogP contribution < -0.4 is 10.1 Å². The molecule has 29 heavy (non-hydrogen) atoms. The number of hydrogen-bond donors (Lipinski definition) is 1. The van der Waals surface area contributed by atoms with Crippen LogP contribution in [0.15, 0.2) is 58.2 Å². The van der Waals surface area contributed by atoms with Crippen molar-refractivity contribution in [2.45, 2.75) is 31.7 Å². The van der Waals surface area contributed by atoms with Crippen LogP contribution in [0.25, 0.3) is 0 Å². The standard InChI is InChI=1S/C20H20BrFN4O2S/c1-3-26-19(13(2)28-15-7-5-4-6-8-15)24-25-20(26)29-12-18(27)23-17-10-9-14(21)11-16(17)22/h4-11,13H,3,12H2,1-2H3,(H,23,27)/t13-/m0/s1. The molecule has 0 aliphatic carbocycles. The Bertz CT molecular complexity index is 984. The lowest BCUT2D eigenvalue weighted by Gasteiger charge is -2.15. The third-order valence-corrected chi connectivity index (χ3v) is 5.48. The normalized spacial score (nSPS) is 11.9. The Morgan fingerprint density at radius 2 is 2.03 bits per heavy atom. The average molecular weight is 479 g/mol. The van der Waals surface area contributed by atoms with Crippen molar-refractivity contribution in [3.05, 3.63) is 64.6 Å². The van der Waals surface area contributed by atoms with Gasteiger partial charge >= 0.3 is 0 Å². The average Bonchev–Trinajstić information content (AvgIpc) is 3.12. The Balaban J connectivity index is 1.63. The molecule has 0 fully saturated rings. The quantitative estimate of drug-likeness (QED) is 0.457. The molecule has 152 valence electrons. The van der Waals surface area contributed by atoms with E-state index in [1.807, 2.05) is 48.7 Å². The van der Waals surface area contributed by atoms with Gasteiger partial charge in [-0.15, -0.1) is 10.2 Å². The number of carbonyl (C=O) groups excluding carboxylic acids is 1. The molecule has 1 aromatic heterocycles. The molecule has 6 nitrogen and oxygen atoms in total. The van der Waals surface area contributed by atoms with E-state index in [2.05, 4.69) is 31.4 Å². The number of para-hydroxylation sites is 1. The number of aromatic nitrogens is 3. The highest BCUT2D eigenvalue weighted by atomic mass is 79.9. The smallest absolute Gasteiger partial charge is 0.234 e. The van der Waals surface area contributed by atoms with Crippen LogP contribution in [0.2, 0.25) is 0 Å². The maximum absolute atomic E-state index is 13.9. The maximum atomic E-state index is 13.9. The van der Waals surface area contributed by atoms with Crippen LogP contribution in [0.1, 0.15) is 25.8 Å². The van der Waals surface area contributed by atoms with Crippen molar-refractivity contribution in [2.24, 2.45) is 0 Å². The third-order valence-electron chi connectivity index (χ3n) is 4.02. The molecule has 0 aliphatic rings. The number of thioether (sulfide) groups is 1. The van der Waals surface area contributed by atoms with E-state index < -0.39 is 5.82 Å². The van der Waals surface area contributed by atoms with Crippen LogP contribution in [0.4, 0.5) is 10.1 Å². The summed E-state index contributed by atoms with van der Waals surface area (Å²) >= 11 is 4.43. The number of ether oxygens (including phenoxy) is 1. The lowest BCUT2D eigenvalue weighted by Crippen LogP contribution is -2.16. The van der Waals surface area contributed by atoms with Gasteiger partial charge in [0, 0.05) is 11.0 Å². The molecule has 0 bridgehead atoms. The van der Waals surface area contributed by atoms with Gasteiger partial charge in [-0.25, -0.2) is 4.39 Å². The second kappa shape index (κ2) is 9.89. The molecule has 3 rings (SSSR count). The molecule has 0 spiro atoms. The van der Waals surface area contributed by atoms with E-state index in [4.69, 9.17) is 4.74 Å². The summed E-state index contributed by atoms with van der Waals surface area (Å²) in [5.41, 5.74) is 0.140. The van der Waals surface area contributed by atoms with Gasteiger partial charge in [-0.05, 0) is 44.2 Å². The zero-order valence-corrected chi connectivity index (χ0v) is 18.3. The summed E-state index contributed by atoms with van der Waals surface area (Å²) < 4.78 is 22.3. The molecule has 0 saturated carbocycles. The summed E-state index contributed by atoms with van der Waals surface area (Å²) in [6.07, 6.45) is -0.301. The maximum Gasteiger partial charge on any atom is 0.234 e. The number of nitrogens with zero attached hydrogens (tertiary/aromatic N) is 3. The van der Waals surface area contributed by atoms with E-state index in [0.717, 1.165) is 5.75 Å². The lowest BCUT2D eigenvalue weighted by atomic mass is 10.3. The number of nitrogens with one attached hydrogen (secondary N) is 1. The number of hydrogen-bond acceptors (Lipinski definition) is 5. The van der Waals surface area contributed by atoms with Crippen LogP contribution in [0.5, 0.6) is 5.75 Å². The first kappa shape index (κ1) is 21.3. The van der Waals surface area contributed by atoms with E-state index in [0.29, 0.717) is 22.0 Å². The van der Waals surface area contributed by atoms with E-state index in [1.54, 1.807) is 6.07 Å². The van der Waals surface area contributed by atoms with Gasteiger partial charge < -0.3 is 14.6 Å². The Labute approximate surface area is 181 Å². The number of benzene rings is 2. The lowest BCUT2D eigenvalue weighted by molar-refractivity contribution is -0.113. The molecule has 1 atom stereocenters. The zero-order valence-electron chi connectivity index (χ0n) is 15.9. The third kappa shape index (κ3) is 5.57. The molecule has 0 radical (unpaired) electrons. The monoisotopic (exact) mass is 478 g/mol. The molecule has 2 aromatic carbocycles. The van der Waals surface area contributed by atoms with E-state index in [1.165, 1.54) is 23.9 Å². The SMILES string of the molecule is CCn1c(SCC(=O)Nc2ccc(Br)cc2F)nnc1[C@H](C)Oc1ccccc1. The zero-order chi connectivity index (χ0) is 20.8. The number of amides is 1. The highest BCUT2D eigenvalue weighted by Gasteiger charge is 2.19. The number of carbonyl (C=O) groups is 1. The molecule has 3 aromatic rings. The van der Waals surface area contributed by atoms with Crippen LogP contribution in [-0.4, -0.2) is 26.4 Å². The number of anilines is 1. The van der Waals surface area contributed by atoms with Crippen molar-refractivity contribution in [1.29, 1.82) is 0 Å².